The number of nitrogens with zero attached hydrogens (tertiary/aromatic N) is 2. The first-order valence-corrected chi connectivity index (χ1v) is 9.35. The van der Waals surface area contributed by atoms with Gasteiger partial charge in [0, 0.05) is 26.5 Å². The molecule has 2 heterocycles. The number of hydrogen-bond acceptors (Lipinski definition) is 6. The Hall–Kier alpha value is -2.51. The maximum absolute atomic E-state index is 12.0. The summed E-state index contributed by atoms with van der Waals surface area (Å²) in [5, 5.41) is 8.86. The fourth-order valence-corrected chi connectivity index (χ4v) is 3.21. The molecule has 0 saturated heterocycles. The van der Waals surface area contributed by atoms with Crippen LogP contribution in [0.4, 0.5) is 0 Å². The molecular weight excluding hydrogens is 350 g/mol. The third-order valence-corrected chi connectivity index (χ3v) is 4.81. The van der Waals surface area contributed by atoms with Gasteiger partial charge in [0.05, 0.1) is 11.0 Å². The normalized spacial score (nSPS) is 12.0. The summed E-state index contributed by atoms with van der Waals surface area (Å²) in [5.74, 6) is 1.14. The van der Waals surface area contributed by atoms with Crippen LogP contribution in [0.5, 0.6) is 0 Å². The Bertz CT molecular complexity index is 803. The molecule has 1 atom stereocenters. The van der Waals surface area contributed by atoms with Crippen molar-refractivity contribution in [1.82, 2.24) is 15.5 Å². The smallest absolute Gasteiger partial charge is 0.226 e. The van der Waals surface area contributed by atoms with E-state index >= 15 is 0 Å². The van der Waals surface area contributed by atoms with E-state index < -0.39 is 0 Å². The van der Waals surface area contributed by atoms with Crippen molar-refractivity contribution in [3.63, 3.8) is 0 Å². The molecule has 0 bridgehead atoms. The number of thiophene rings is 1. The molecule has 0 aliphatic carbocycles. The molecule has 2 aromatic heterocycles. The predicted molar refractivity (Wildman–Crippen MR) is 99.8 cm³/mol. The number of rotatable bonds is 9. The van der Waals surface area contributed by atoms with Gasteiger partial charge in [-0.2, -0.15) is 4.98 Å². The lowest BCUT2D eigenvalue weighted by atomic mass is 10.1. The molecule has 26 heavy (non-hydrogen) atoms. The van der Waals surface area contributed by atoms with E-state index in [-0.39, 0.29) is 12.0 Å². The first-order chi connectivity index (χ1) is 12.8. The topological polar surface area (TPSA) is 77.2 Å². The van der Waals surface area contributed by atoms with Crippen molar-refractivity contribution >= 4 is 17.2 Å². The van der Waals surface area contributed by atoms with E-state index in [4.69, 9.17) is 9.26 Å². The molecule has 0 saturated carbocycles. The Kier molecular flexibility index (Phi) is 6.51. The zero-order valence-electron chi connectivity index (χ0n) is 14.6. The van der Waals surface area contributed by atoms with Crippen molar-refractivity contribution < 1.29 is 14.1 Å². The Labute approximate surface area is 156 Å². The van der Waals surface area contributed by atoms with Crippen molar-refractivity contribution in [1.29, 1.82) is 0 Å². The van der Waals surface area contributed by atoms with Crippen molar-refractivity contribution in [2.75, 3.05) is 13.7 Å². The molecule has 0 radical (unpaired) electrons. The van der Waals surface area contributed by atoms with Crippen LogP contribution >= 0.6 is 11.3 Å². The summed E-state index contributed by atoms with van der Waals surface area (Å²) < 4.78 is 10.7. The number of ether oxygens (including phenoxy) is 1. The molecule has 0 spiro atoms. The molecular formula is C19H21N3O3S. The fourth-order valence-electron chi connectivity index (χ4n) is 2.56. The van der Waals surface area contributed by atoms with Crippen LogP contribution in [0.3, 0.4) is 0 Å². The van der Waals surface area contributed by atoms with Crippen LogP contribution in [-0.2, 0) is 16.0 Å². The minimum absolute atomic E-state index is 0.0130. The van der Waals surface area contributed by atoms with E-state index in [0.29, 0.717) is 37.5 Å². The number of aryl methyl sites for hydroxylation is 1. The van der Waals surface area contributed by atoms with Crippen LogP contribution in [0.1, 0.15) is 30.4 Å². The van der Waals surface area contributed by atoms with Gasteiger partial charge in [0.1, 0.15) is 0 Å². The average Bonchev–Trinajstić information content (AvgIpc) is 3.35. The summed E-state index contributed by atoms with van der Waals surface area (Å²) in [6.45, 7) is 0.447. The van der Waals surface area contributed by atoms with Gasteiger partial charge in [0.25, 0.3) is 0 Å². The molecule has 3 aromatic rings. The fraction of sp³-hybridized carbons (Fsp3) is 0.316. The van der Waals surface area contributed by atoms with Gasteiger partial charge < -0.3 is 14.6 Å². The largest absolute Gasteiger partial charge is 0.375 e. The summed E-state index contributed by atoms with van der Waals surface area (Å²) in [4.78, 5) is 17.4. The lowest BCUT2D eigenvalue weighted by molar-refractivity contribution is -0.121. The lowest BCUT2D eigenvalue weighted by Crippen LogP contribution is -2.29. The maximum Gasteiger partial charge on any atom is 0.226 e. The molecule has 1 unspecified atom stereocenters. The monoisotopic (exact) mass is 371 g/mol. The summed E-state index contributed by atoms with van der Waals surface area (Å²) >= 11 is 1.57. The quantitative estimate of drug-likeness (QED) is 0.621. The molecule has 0 fully saturated rings. The number of carbonyl (C=O) groups is 1. The second-order valence-electron chi connectivity index (χ2n) is 5.78. The van der Waals surface area contributed by atoms with Crippen LogP contribution in [0.25, 0.3) is 10.7 Å². The molecule has 1 amide bonds. The molecule has 6 nitrogen and oxygen atoms in total. The first kappa shape index (κ1) is 18.3. The highest BCUT2D eigenvalue weighted by atomic mass is 32.1. The van der Waals surface area contributed by atoms with E-state index in [1.165, 1.54) is 0 Å². The Morgan fingerprint density at radius 1 is 1.27 bits per heavy atom. The zero-order chi connectivity index (χ0) is 18.2. The number of carbonyl (C=O) groups excluding carboxylic acids is 1. The standard InChI is InChI=1S/C19H21N3O3S/c1-24-15(14-7-3-2-4-8-14)13-20-17(23)10-5-11-18-21-19(22-25-18)16-9-6-12-26-16/h2-4,6-9,12,15H,5,10-11,13H2,1H3,(H,20,23). The van der Waals surface area contributed by atoms with Gasteiger partial charge in [-0.3, -0.25) is 4.79 Å². The molecule has 1 N–H and O–H groups in total. The number of hydrogen-bond donors (Lipinski definition) is 1. The van der Waals surface area contributed by atoms with Crippen LogP contribution in [-0.4, -0.2) is 29.7 Å². The molecule has 3 rings (SSSR count). The minimum atomic E-state index is -0.149. The molecule has 1 aromatic carbocycles. The number of nitrogens with one attached hydrogen (secondary N) is 1. The zero-order valence-corrected chi connectivity index (χ0v) is 15.4. The summed E-state index contributed by atoms with van der Waals surface area (Å²) in [5.41, 5.74) is 1.04. The van der Waals surface area contributed by atoms with Crippen molar-refractivity contribution in [3.8, 4) is 10.7 Å². The third kappa shape index (κ3) is 5.00. The Morgan fingerprint density at radius 3 is 2.85 bits per heavy atom. The van der Waals surface area contributed by atoms with Gasteiger partial charge >= 0.3 is 0 Å². The van der Waals surface area contributed by atoms with Crippen molar-refractivity contribution in [2.24, 2.45) is 0 Å². The predicted octanol–water partition coefficient (Wildman–Crippen LogP) is 3.62. The van der Waals surface area contributed by atoms with Crippen LogP contribution in [0.2, 0.25) is 0 Å². The summed E-state index contributed by atoms with van der Waals surface area (Å²) in [7, 11) is 1.64. The van der Waals surface area contributed by atoms with E-state index in [0.717, 1.165) is 10.4 Å². The van der Waals surface area contributed by atoms with Gasteiger partial charge in [-0.1, -0.05) is 41.6 Å². The second kappa shape index (κ2) is 9.26. The third-order valence-electron chi connectivity index (χ3n) is 3.94. The van der Waals surface area contributed by atoms with Gasteiger partial charge in [0.15, 0.2) is 0 Å². The number of methoxy groups -OCH3 is 1. The maximum atomic E-state index is 12.0. The SMILES string of the molecule is COC(CNC(=O)CCCc1nc(-c2cccs2)no1)c1ccccc1. The van der Waals surface area contributed by atoms with Crippen molar-refractivity contribution in [2.45, 2.75) is 25.4 Å². The Morgan fingerprint density at radius 2 is 2.12 bits per heavy atom. The first-order valence-electron chi connectivity index (χ1n) is 8.47. The minimum Gasteiger partial charge on any atom is -0.375 e. The number of amides is 1. The molecule has 136 valence electrons. The van der Waals surface area contributed by atoms with E-state index in [9.17, 15) is 4.79 Å². The summed E-state index contributed by atoms with van der Waals surface area (Å²) in [6, 6.07) is 13.7. The van der Waals surface area contributed by atoms with E-state index in [1.54, 1.807) is 18.4 Å². The Balaban J connectivity index is 1.40. The highest BCUT2D eigenvalue weighted by molar-refractivity contribution is 7.13. The lowest BCUT2D eigenvalue weighted by Gasteiger charge is -2.16. The van der Waals surface area contributed by atoms with Crippen LogP contribution in [0.15, 0.2) is 52.4 Å². The average molecular weight is 371 g/mol. The molecule has 0 aliphatic heterocycles. The molecule has 0 aliphatic rings. The molecule has 7 heteroatoms. The highest BCUT2D eigenvalue weighted by Crippen LogP contribution is 2.21. The highest BCUT2D eigenvalue weighted by Gasteiger charge is 2.13. The van der Waals surface area contributed by atoms with Gasteiger partial charge in [-0.25, -0.2) is 0 Å². The summed E-state index contributed by atoms with van der Waals surface area (Å²) in [6.07, 6.45) is 1.49. The van der Waals surface area contributed by atoms with E-state index in [1.807, 2.05) is 47.8 Å². The van der Waals surface area contributed by atoms with Gasteiger partial charge in [-0.15, -0.1) is 11.3 Å². The number of aromatic nitrogens is 2. The van der Waals surface area contributed by atoms with Gasteiger partial charge in [-0.05, 0) is 23.4 Å². The van der Waals surface area contributed by atoms with Crippen LogP contribution < -0.4 is 5.32 Å². The van der Waals surface area contributed by atoms with E-state index in [2.05, 4.69) is 15.5 Å². The van der Waals surface area contributed by atoms with Gasteiger partial charge in [0.2, 0.25) is 17.6 Å². The number of benzene rings is 1. The van der Waals surface area contributed by atoms with Crippen molar-refractivity contribution in [3.05, 3.63) is 59.3 Å². The van der Waals surface area contributed by atoms with Crippen LogP contribution in [0, 0.1) is 0 Å². The second-order valence-corrected chi connectivity index (χ2v) is 6.73.